The fourth-order valence-electron chi connectivity index (χ4n) is 3.05. The third-order valence-electron chi connectivity index (χ3n) is 4.49. The number of aromatic amines is 1. The van der Waals surface area contributed by atoms with Gasteiger partial charge in [0.1, 0.15) is 23.7 Å². The molecule has 1 aromatic carbocycles. The van der Waals surface area contributed by atoms with Crippen LogP contribution in [0.5, 0.6) is 5.75 Å². The van der Waals surface area contributed by atoms with Gasteiger partial charge in [-0.2, -0.15) is 0 Å². The summed E-state index contributed by atoms with van der Waals surface area (Å²) in [5.74, 6) is 1.39. The first kappa shape index (κ1) is 20.4. The van der Waals surface area contributed by atoms with Gasteiger partial charge in [-0.15, -0.1) is 0 Å². The van der Waals surface area contributed by atoms with Crippen LogP contribution in [0.2, 0.25) is 0 Å². The molecule has 7 nitrogen and oxygen atoms in total. The number of phenolic OH excluding ortho intramolecular Hbond substituents is 1. The zero-order valence-corrected chi connectivity index (χ0v) is 17.8. The number of hydrogen-bond donors (Lipinski definition) is 3. The Hall–Kier alpha value is -2.29. The van der Waals surface area contributed by atoms with Crippen molar-refractivity contribution in [3.63, 3.8) is 0 Å². The van der Waals surface area contributed by atoms with Gasteiger partial charge < -0.3 is 25.5 Å². The fourth-order valence-corrected chi connectivity index (χ4v) is 4.10. The van der Waals surface area contributed by atoms with Crippen LogP contribution in [0, 0.1) is 13.8 Å². The number of rotatable bonds is 7. The number of phenols is 1. The van der Waals surface area contributed by atoms with Gasteiger partial charge in [-0.3, -0.25) is 0 Å². The number of benzene rings is 1. The third kappa shape index (κ3) is 4.09. The van der Waals surface area contributed by atoms with Gasteiger partial charge in [-0.05, 0) is 52.1 Å². The Morgan fingerprint density at radius 2 is 2.00 bits per heavy atom. The van der Waals surface area contributed by atoms with Crippen LogP contribution in [0.25, 0.3) is 11.0 Å². The Labute approximate surface area is 169 Å². The van der Waals surface area contributed by atoms with Crippen molar-refractivity contribution in [3.05, 3.63) is 34.8 Å². The highest BCUT2D eigenvalue weighted by atomic mass is 32.2. The van der Waals surface area contributed by atoms with E-state index in [1.54, 1.807) is 0 Å². The van der Waals surface area contributed by atoms with Crippen LogP contribution in [-0.2, 0) is 17.9 Å². The molecule has 0 saturated carbocycles. The molecule has 8 heteroatoms. The predicted octanol–water partition coefficient (Wildman–Crippen LogP) is 3.61. The molecular weight excluding hydrogens is 374 g/mol. The van der Waals surface area contributed by atoms with Crippen LogP contribution in [0.4, 0.5) is 5.82 Å². The van der Waals surface area contributed by atoms with E-state index >= 15 is 0 Å². The first-order valence-electron chi connectivity index (χ1n) is 9.18. The van der Waals surface area contributed by atoms with Crippen molar-refractivity contribution in [1.29, 1.82) is 0 Å². The van der Waals surface area contributed by atoms with Gasteiger partial charge in [0, 0.05) is 13.2 Å². The van der Waals surface area contributed by atoms with Crippen molar-refractivity contribution < 1.29 is 9.84 Å². The van der Waals surface area contributed by atoms with E-state index in [1.165, 1.54) is 11.8 Å². The van der Waals surface area contributed by atoms with Gasteiger partial charge >= 0.3 is 0 Å². The summed E-state index contributed by atoms with van der Waals surface area (Å²) in [5.41, 5.74) is 10.3. The lowest BCUT2D eigenvalue weighted by Crippen LogP contribution is -2.11. The van der Waals surface area contributed by atoms with Crippen LogP contribution in [0.1, 0.15) is 29.6 Å². The van der Waals surface area contributed by atoms with Gasteiger partial charge in [0.05, 0.1) is 21.0 Å². The second-order valence-electron chi connectivity index (χ2n) is 6.99. The molecule has 3 rings (SSSR count). The first-order chi connectivity index (χ1) is 13.3. The molecule has 0 radical (unpaired) electrons. The van der Waals surface area contributed by atoms with Crippen molar-refractivity contribution in [1.82, 2.24) is 19.9 Å². The lowest BCUT2D eigenvalue weighted by atomic mass is 10.1. The smallest absolute Gasteiger partial charge is 0.151 e. The Morgan fingerprint density at radius 3 is 2.68 bits per heavy atom. The van der Waals surface area contributed by atoms with Crippen LogP contribution in [-0.4, -0.2) is 45.7 Å². The number of H-pyrrole nitrogens is 1. The number of aromatic hydroxyl groups is 1. The standard InChI is InChI=1S/C20H27N5O2S/c1-6-27-10-15-23-16-17(24-15)20(21)22-12(3)19(16)28-14-8-7-13(9-25(4)5)11(2)18(14)26/h7-8,26H,6,9-10H2,1-5H3,(H2,21,22)(H,23,24). The monoisotopic (exact) mass is 401 g/mol. The number of ether oxygens (including phenoxy) is 1. The normalized spacial score (nSPS) is 11.6. The summed E-state index contributed by atoms with van der Waals surface area (Å²) in [4.78, 5) is 16.0. The van der Waals surface area contributed by atoms with E-state index in [0.29, 0.717) is 36.1 Å². The number of nitrogens with one attached hydrogen (secondary N) is 1. The zero-order chi connectivity index (χ0) is 20.4. The van der Waals surface area contributed by atoms with Gasteiger partial charge in [0.2, 0.25) is 0 Å². The van der Waals surface area contributed by atoms with Crippen molar-refractivity contribution in [3.8, 4) is 5.75 Å². The second-order valence-corrected chi connectivity index (χ2v) is 8.04. The first-order valence-corrected chi connectivity index (χ1v) is 9.99. The topological polar surface area (TPSA) is 100 Å². The maximum Gasteiger partial charge on any atom is 0.151 e. The Morgan fingerprint density at radius 1 is 1.25 bits per heavy atom. The van der Waals surface area contributed by atoms with Gasteiger partial charge in [0.15, 0.2) is 5.82 Å². The number of nitrogen functional groups attached to an aromatic ring is 1. The SMILES string of the molecule is CCOCc1nc2c(N)nc(C)c(Sc3ccc(CN(C)C)c(C)c3O)c2[nH]1. The van der Waals surface area contributed by atoms with Crippen LogP contribution in [0.15, 0.2) is 21.9 Å². The maximum absolute atomic E-state index is 10.8. The Bertz CT molecular complexity index is 1000. The molecule has 0 spiro atoms. The van der Waals surface area contributed by atoms with E-state index in [2.05, 4.69) is 25.9 Å². The Balaban J connectivity index is 2.02. The zero-order valence-electron chi connectivity index (χ0n) is 17.0. The summed E-state index contributed by atoms with van der Waals surface area (Å²) >= 11 is 1.46. The van der Waals surface area contributed by atoms with E-state index in [4.69, 9.17) is 10.5 Å². The summed E-state index contributed by atoms with van der Waals surface area (Å²) in [7, 11) is 4.02. The highest BCUT2D eigenvalue weighted by Crippen LogP contribution is 2.41. The number of hydrogen-bond acceptors (Lipinski definition) is 7. The third-order valence-corrected chi connectivity index (χ3v) is 5.74. The van der Waals surface area contributed by atoms with Crippen molar-refractivity contribution >= 4 is 28.6 Å². The molecule has 0 aliphatic heterocycles. The van der Waals surface area contributed by atoms with Crippen LogP contribution in [0.3, 0.4) is 0 Å². The molecule has 0 bridgehead atoms. The number of aryl methyl sites for hydroxylation is 1. The predicted molar refractivity (Wildman–Crippen MR) is 113 cm³/mol. The summed E-state index contributed by atoms with van der Waals surface area (Å²) in [6, 6.07) is 4.01. The molecule has 2 heterocycles. The molecule has 2 aromatic heterocycles. The number of anilines is 1. The summed E-state index contributed by atoms with van der Waals surface area (Å²) in [6.07, 6.45) is 0. The van der Waals surface area contributed by atoms with Gasteiger partial charge in [0.25, 0.3) is 0 Å². The van der Waals surface area contributed by atoms with E-state index in [-0.39, 0.29) is 0 Å². The molecule has 0 unspecified atom stereocenters. The number of aromatic nitrogens is 3. The maximum atomic E-state index is 10.8. The summed E-state index contributed by atoms with van der Waals surface area (Å²) in [6.45, 7) is 7.56. The quantitative estimate of drug-likeness (QED) is 0.556. The van der Waals surface area contributed by atoms with Crippen molar-refractivity contribution in [2.45, 2.75) is 43.7 Å². The number of nitrogens with two attached hydrogens (primary N) is 1. The fraction of sp³-hybridized carbons (Fsp3) is 0.400. The molecule has 28 heavy (non-hydrogen) atoms. The van der Waals surface area contributed by atoms with Gasteiger partial charge in [-0.1, -0.05) is 17.8 Å². The minimum Gasteiger partial charge on any atom is -0.506 e. The van der Waals surface area contributed by atoms with Crippen LogP contribution < -0.4 is 5.73 Å². The van der Waals surface area contributed by atoms with E-state index in [0.717, 1.165) is 38.7 Å². The molecule has 4 N–H and O–H groups in total. The molecule has 0 amide bonds. The molecule has 0 atom stereocenters. The molecule has 0 aliphatic carbocycles. The van der Waals surface area contributed by atoms with Crippen molar-refractivity contribution in [2.75, 3.05) is 26.4 Å². The number of nitrogens with zero attached hydrogens (tertiary/aromatic N) is 3. The second kappa shape index (κ2) is 8.38. The minimum absolute atomic E-state index is 0.294. The lowest BCUT2D eigenvalue weighted by Gasteiger charge is -2.16. The lowest BCUT2D eigenvalue weighted by molar-refractivity contribution is 0.129. The molecular formula is C20H27N5O2S. The highest BCUT2D eigenvalue weighted by Gasteiger charge is 2.18. The molecule has 0 aliphatic rings. The highest BCUT2D eigenvalue weighted by molar-refractivity contribution is 7.99. The average Bonchev–Trinajstić information content (AvgIpc) is 3.07. The van der Waals surface area contributed by atoms with Crippen molar-refractivity contribution in [2.24, 2.45) is 0 Å². The largest absolute Gasteiger partial charge is 0.506 e. The molecule has 0 saturated heterocycles. The van der Waals surface area contributed by atoms with E-state index in [9.17, 15) is 5.11 Å². The van der Waals surface area contributed by atoms with E-state index in [1.807, 2.05) is 40.9 Å². The molecule has 0 fully saturated rings. The Kier molecular flexibility index (Phi) is 6.12. The van der Waals surface area contributed by atoms with E-state index < -0.39 is 0 Å². The summed E-state index contributed by atoms with van der Waals surface area (Å²) in [5, 5.41) is 10.8. The molecule has 150 valence electrons. The average molecular weight is 402 g/mol. The minimum atomic E-state index is 0.294. The summed E-state index contributed by atoms with van der Waals surface area (Å²) < 4.78 is 5.45. The number of fused-ring (bicyclic) bond motifs is 1. The van der Waals surface area contributed by atoms with Crippen LogP contribution >= 0.6 is 11.8 Å². The number of imidazole rings is 1. The molecule has 3 aromatic rings. The number of pyridine rings is 1. The van der Waals surface area contributed by atoms with Gasteiger partial charge in [-0.25, -0.2) is 9.97 Å².